The van der Waals surface area contributed by atoms with Crippen molar-refractivity contribution in [2.75, 3.05) is 19.1 Å². The number of unbranched alkanes of at least 4 members (excludes halogenated alkanes) is 1. The summed E-state index contributed by atoms with van der Waals surface area (Å²) in [5.74, 6) is 0.769. The summed E-state index contributed by atoms with van der Waals surface area (Å²) in [5, 5.41) is 2.97. The first-order chi connectivity index (χ1) is 6.83. The number of ether oxygens (including phenoxy) is 1. The lowest BCUT2D eigenvalue weighted by Crippen LogP contribution is -2.40. The molecule has 14 heavy (non-hydrogen) atoms. The SMILES string of the molecule is O=C(CCCCCl)NC1CCCOC1. The van der Waals surface area contributed by atoms with Crippen molar-refractivity contribution in [3.8, 4) is 0 Å². The van der Waals surface area contributed by atoms with Crippen molar-refractivity contribution >= 4 is 17.5 Å². The van der Waals surface area contributed by atoms with Crippen LogP contribution in [0.25, 0.3) is 0 Å². The average molecular weight is 220 g/mol. The molecule has 1 unspecified atom stereocenters. The Morgan fingerprint density at radius 2 is 2.36 bits per heavy atom. The predicted octanol–water partition coefficient (Wildman–Crippen LogP) is 1.69. The Bertz CT molecular complexity index is 170. The second-order valence-corrected chi connectivity index (χ2v) is 4.01. The topological polar surface area (TPSA) is 38.3 Å². The number of hydrogen-bond acceptors (Lipinski definition) is 2. The van der Waals surface area contributed by atoms with Crippen LogP contribution in [0.5, 0.6) is 0 Å². The molecular weight excluding hydrogens is 202 g/mol. The minimum atomic E-state index is 0.130. The molecule has 1 N–H and O–H groups in total. The quantitative estimate of drug-likeness (QED) is 0.565. The molecule has 1 rings (SSSR count). The van der Waals surface area contributed by atoms with Crippen molar-refractivity contribution in [1.82, 2.24) is 5.32 Å². The largest absolute Gasteiger partial charge is 0.379 e. The summed E-state index contributed by atoms with van der Waals surface area (Å²) in [4.78, 5) is 11.4. The molecule has 1 heterocycles. The van der Waals surface area contributed by atoms with Crippen molar-refractivity contribution in [3.05, 3.63) is 0 Å². The van der Waals surface area contributed by atoms with Crippen molar-refractivity contribution in [2.24, 2.45) is 0 Å². The van der Waals surface area contributed by atoms with Gasteiger partial charge in [-0.25, -0.2) is 0 Å². The average Bonchev–Trinajstić information content (AvgIpc) is 2.20. The number of hydrogen-bond donors (Lipinski definition) is 1. The van der Waals surface area contributed by atoms with Crippen LogP contribution in [0.15, 0.2) is 0 Å². The Morgan fingerprint density at radius 3 is 3.00 bits per heavy atom. The fourth-order valence-corrected chi connectivity index (χ4v) is 1.72. The Labute approximate surface area is 90.1 Å². The summed E-state index contributed by atoms with van der Waals surface area (Å²) < 4.78 is 5.27. The highest BCUT2D eigenvalue weighted by Gasteiger charge is 2.15. The number of nitrogens with one attached hydrogen (secondary N) is 1. The third-order valence-corrected chi connectivity index (χ3v) is 2.58. The molecule has 1 aliphatic rings. The first-order valence-corrected chi connectivity index (χ1v) is 5.79. The van der Waals surface area contributed by atoms with Crippen LogP contribution in [0.3, 0.4) is 0 Å². The lowest BCUT2D eigenvalue weighted by atomic mass is 10.1. The van der Waals surface area contributed by atoms with Crippen LogP contribution in [0, 0.1) is 0 Å². The van der Waals surface area contributed by atoms with Gasteiger partial charge in [0, 0.05) is 18.9 Å². The van der Waals surface area contributed by atoms with Gasteiger partial charge in [-0.15, -0.1) is 11.6 Å². The molecule has 0 aromatic carbocycles. The molecule has 4 heteroatoms. The summed E-state index contributed by atoms with van der Waals surface area (Å²) in [7, 11) is 0. The summed E-state index contributed by atoms with van der Waals surface area (Å²) in [6.07, 6.45) is 4.47. The van der Waals surface area contributed by atoms with Gasteiger partial charge in [0.15, 0.2) is 0 Å². The Hall–Kier alpha value is -0.280. The lowest BCUT2D eigenvalue weighted by molar-refractivity contribution is -0.122. The van der Waals surface area contributed by atoms with E-state index in [-0.39, 0.29) is 11.9 Å². The van der Waals surface area contributed by atoms with E-state index < -0.39 is 0 Å². The maximum absolute atomic E-state index is 11.4. The molecule has 1 saturated heterocycles. The zero-order valence-corrected chi connectivity index (χ0v) is 9.18. The van der Waals surface area contributed by atoms with Crippen LogP contribution in [-0.2, 0) is 9.53 Å². The third kappa shape index (κ3) is 4.82. The number of carbonyl (C=O) groups excluding carboxylic acids is 1. The van der Waals surface area contributed by atoms with Crippen LogP contribution in [0.4, 0.5) is 0 Å². The van der Waals surface area contributed by atoms with Crippen LogP contribution in [0.2, 0.25) is 0 Å². The summed E-state index contributed by atoms with van der Waals surface area (Å²) in [5.41, 5.74) is 0. The minimum Gasteiger partial charge on any atom is -0.379 e. The van der Waals surface area contributed by atoms with Crippen LogP contribution in [0.1, 0.15) is 32.1 Å². The molecule has 1 atom stereocenters. The monoisotopic (exact) mass is 219 g/mol. The van der Waals surface area contributed by atoms with Crippen molar-refractivity contribution in [2.45, 2.75) is 38.1 Å². The van der Waals surface area contributed by atoms with Gasteiger partial charge in [-0.2, -0.15) is 0 Å². The van der Waals surface area contributed by atoms with E-state index in [1.165, 1.54) is 0 Å². The number of alkyl halides is 1. The van der Waals surface area contributed by atoms with E-state index in [9.17, 15) is 4.79 Å². The Balaban J connectivity index is 2.06. The molecule has 0 aliphatic carbocycles. The molecule has 1 fully saturated rings. The molecule has 0 saturated carbocycles. The van der Waals surface area contributed by atoms with E-state index in [1.54, 1.807) is 0 Å². The Kier molecular flexibility index (Phi) is 5.96. The van der Waals surface area contributed by atoms with E-state index in [0.29, 0.717) is 18.9 Å². The fraction of sp³-hybridized carbons (Fsp3) is 0.900. The summed E-state index contributed by atoms with van der Waals surface area (Å²) in [6, 6.07) is 0.229. The van der Waals surface area contributed by atoms with Gasteiger partial charge in [0.1, 0.15) is 0 Å². The van der Waals surface area contributed by atoms with Crippen molar-refractivity contribution in [1.29, 1.82) is 0 Å². The minimum absolute atomic E-state index is 0.130. The maximum Gasteiger partial charge on any atom is 0.220 e. The van der Waals surface area contributed by atoms with Crippen molar-refractivity contribution < 1.29 is 9.53 Å². The third-order valence-electron chi connectivity index (χ3n) is 2.31. The van der Waals surface area contributed by atoms with Gasteiger partial charge < -0.3 is 10.1 Å². The number of halogens is 1. The molecule has 0 radical (unpaired) electrons. The standard InChI is InChI=1S/C10H18ClNO2/c11-6-2-1-5-10(13)12-9-4-3-7-14-8-9/h9H,1-8H2,(H,12,13). The van der Waals surface area contributed by atoms with Gasteiger partial charge in [0.25, 0.3) is 0 Å². The molecule has 82 valence electrons. The number of amides is 1. The van der Waals surface area contributed by atoms with E-state index in [4.69, 9.17) is 16.3 Å². The molecule has 1 amide bonds. The number of rotatable bonds is 5. The first kappa shape index (κ1) is 11.8. The molecule has 0 spiro atoms. The second kappa shape index (κ2) is 7.07. The van der Waals surface area contributed by atoms with E-state index in [2.05, 4.69) is 5.32 Å². The van der Waals surface area contributed by atoms with Crippen molar-refractivity contribution in [3.63, 3.8) is 0 Å². The first-order valence-electron chi connectivity index (χ1n) is 5.26. The summed E-state index contributed by atoms with van der Waals surface area (Å²) in [6.45, 7) is 1.50. The van der Waals surface area contributed by atoms with Crippen LogP contribution >= 0.6 is 11.6 Å². The van der Waals surface area contributed by atoms with Gasteiger partial charge in [0.05, 0.1) is 12.6 Å². The second-order valence-electron chi connectivity index (χ2n) is 3.63. The predicted molar refractivity (Wildman–Crippen MR) is 56.6 cm³/mol. The molecule has 1 aliphatic heterocycles. The maximum atomic E-state index is 11.4. The van der Waals surface area contributed by atoms with E-state index >= 15 is 0 Å². The zero-order valence-electron chi connectivity index (χ0n) is 8.43. The highest BCUT2D eigenvalue weighted by molar-refractivity contribution is 6.17. The Morgan fingerprint density at radius 1 is 1.50 bits per heavy atom. The molecular formula is C10H18ClNO2. The normalized spacial score (nSPS) is 21.9. The molecule has 3 nitrogen and oxygen atoms in total. The number of carbonyl (C=O) groups is 1. The molecule has 0 bridgehead atoms. The van der Waals surface area contributed by atoms with Crippen LogP contribution < -0.4 is 5.32 Å². The highest BCUT2D eigenvalue weighted by Crippen LogP contribution is 2.06. The van der Waals surface area contributed by atoms with Gasteiger partial charge >= 0.3 is 0 Å². The van der Waals surface area contributed by atoms with Crippen LogP contribution in [-0.4, -0.2) is 31.0 Å². The molecule has 0 aromatic heterocycles. The smallest absolute Gasteiger partial charge is 0.220 e. The zero-order chi connectivity index (χ0) is 10.2. The van der Waals surface area contributed by atoms with Gasteiger partial charge in [0.2, 0.25) is 5.91 Å². The van der Waals surface area contributed by atoms with Gasteiger partial charge in [-0.1, -0.05) is 0 Å². The lowest BCUT2D eigenvalue weighted by Gasteiger charge is -2.23. The van der Waals surface area contributed by atoms with Gasteiger partial charge in [-0.3, -0.25) is 4.79 Å². The van der Waals surface area contributed by atoms with E-state index in [1.807, 2.05) is 0 Å². The van der Waals surface area contributed by atoms with E-state index in [0.717, 1.165) is 32.3 Å². The molecule has 0 aromatic rings. The highest BCUT2D eigenvalue weighted by atomic mass is 35.5. The fourth-order valence-electron chi connectivity index (χ4n) is 1.53. The summed E-state index contributed by atoms with van der Waals surface area (Å²) >= 11 is 5.53. The van der Waals surface area contributed by atoms with Gasteiger partial charge in [-0.05, 0) is 25.7 Å².